The summed E-state index contributed by atoms with van der Waals surface area (Å²) in [5.74, 6) is 0.824. The highest BCUT2D eigenvalue weighted by atomic mass is 35.5. The molecule has 0 bridgehead atoms. The predicted molar refractivity (Wildman–Crippen MR) is 95.1 cm³/mol. The first-order valence-electron chi connectivity index (χ1n) is 7.40. The molecule has 23 heavy (non-hydrogen) atoms. The van der Waals surface area contributed by atoms with Gasteiger partial charge in [0.2, 0.25) is 0 Å². The third-order valence-electron chi connectivity index (χ3n) is 3.72. The van der Waals surface area contributed by atoms with Crippen LogP contribution in [-0.4, -0.2) is 22.7 Å². The summed E-state index contributed by atoms with van der Waals surface area (Å²) in [7, 11) is 0. The number of benzene rings is 2. The maximum absolute atomic E-state index is 9.11. The van der Waals surface area contributed by atoms with Gasteiger partial charge in [-0.05, 0) is 23.6 Å². The van der Waals surface area contributed by atoms with Crippen molar-refractivity contribution in [1.29, 1.82) is 0 Å². The van der Waals surface area contributed by atoms with Gasteiger partial charge < -0.3 is 20.6 Å². The number of para-hydroxylation sites is 1. The van der Waals surface area contributed by atoms with E-state index in [1.165, 1.54) is 0 Å². The smallest absolute Gasteiger partial charge is 0.143 e. The molecule has 0 amide bonds. The van der Waals surface area contributed by atoms with Crippen LogP contribution < -0.4 is 10.5 Å². The molecule has 0 fully saturated rings. The van der Waals surface area contributed by atoms with E-state index in [1.54, 1.807) is 0 Å². The first-order valence-corrected chi connectivity index (χ1v) is 7.40. The lowest BCUT2D eigenvalue weighted by Crippen LogP contribution is -2.26. The summed E-state index contributed by atoms with van der Waals surface area (Å²) in [5.41, 5.74) is 9.04. The number of fused-ring (bicyclic) bond motifs is 1. The molecule has 5 heteroatoms. The highest BCUT2D eigenvalue weighted by molar-refractivity contribution is 5.88. The Balaban J connectivity index is 0.00000192. The quantitative estimate of drug-likeness (QED) is 0.649. The molecular formula is C18H21ClN2O2. The first kappa shape index (κ1) is 17.3. The van der Waals surface area contributed by atoms with Gasteiger partial charge in [0.15, 0.2) is 0 Å². The van der Waals surface area contributed by atoms with Gasteiger partial charge in [0.1, 0.15) is 12.4 Å². The Hall–Kier alpha value is -2.01. The van der Waals surface area contributed by atoms with E-state index in [0.717, 1.165) is 27.8 Å². The molecule has 0 aliphatic carbocycles. The maximum atomic E-state index is 9.11. The van der Waals surface area contributed by atoms with Crippen molar-refractivity contribution < 1.29 is 9.84 Å². The monoisotopic (exact) mass is 332 g/mol. The van der Waals surface area contributed by atoms with Crippen LogP contribution in [0.5, 0.6) is 5.75 Å². The zero-order chi connectivity index (χ0) is 15.4. The largest absolute Gasteiger partial charge is 0.487 e. The van der Waals surface area contributed by atoms with Gasteiger partial charge in [-0.15, -0.1) is 12.4 Å². The van der Waals surface area contributed by atoms with Crippen LogP contribution in [0.3, 0.4) is 0 Å². The second kappa shape index (κ2) is 8.02. The molecule has 3 rings (SSSR count). The van der Waals surface area contributed by atoms with Gasteiger partial charge in [0, 0.05) is 17.6 Å². The van der Waals surface area contributed by atoms with Gasteiger partial charge in [-0.1, -0.05) is 42.5 Å². The van der Waals surface area contributed by atoms with Crippen LogP contribution in [0.1, 0.15) is 11.1 Å². The number of aromatic nitrogens is 1. The number of hydrogen-bond donors (Lipinski definition) is 3. The first-order chi connectivity index (χ1) is 10.8. The third kappa shape index (κ3) is 4.05. The van der Waals surface area contributed by atoms with Gasteiger partial charge in [-0.25, -0.2) is 0 Å². The fourth-order valence-electron chi connectivity index (χ4n) is 2.56. The van der Waals surface area contributed by atoms with Crippen LogP contribution in [0.25, 0.3) is 10.9 Å². The summed E-state index contributed by atoms with van der Waals surface area (Å²) in [6.45, 7) is 0.515. The van der Waals surface area contributed by atoms with Crippen molar-refractivity contribution >= 4 is 23.3 Å². The minimum atomic E-state index is -0.243. The number of ether oxygens (including phenoxy) is 1. The van der Waals surface area contributed by atoms with Gasteiger partial charge in [-0.3, -0.25) is 0 Å². The molecule has 4 N–H and O–H groups in total. The van der Waals surface area contributed by atoms with Crippen LogP contribution in [0.2, 0.25) is 0 Å². The van der Waals surface area contributed by atoms with Crippen molar-refractivity contribution in [3.8, 4) is 5.75 Å². The van der Waals surface area contributed by atoms with Gasteiger partial charge in [-0.2, -0.15) is 0 Å². The normalized spacial score (nSPS) is 11.9. The topological polar surface area (TPSA) is 71.3 Å². The van der Waals surface area contributed by atoms with E-state index in [9.17, 15) is 0 Å². The standard InChI is InChI=1S/C18H20N2O2.ClH/c19-15(11-21)9-14-10-20-18-16(14)7-4-8-17(18)22-12-13-5-2-1-3-6-13;/h1-8,10,15,20-21H,9,11-12,19H2;1H. The van der Waals surface area contributed by atoms with Crippen molar-refractivity contribution in [2.75, 3.05) is 6.61 Å². The number of aliphatic hydroxyl groups is 1. The maximum Gasteiger partial charge on any atom is 0.143 e. The summed E-state index contributed by atoms with van der Waals surface area (Å²) in [6.07, 6.45) is 2.58. The van der Waals surface area contributed by atoms with Crippen LogP contribution in [0.4, 0.5) is 0 Å². The molecule has 1 aromatic heterocycles. The van der Waals surface area contributed by atoms with Crippen molar-refractivity contribution in [3.63, 3.8) is 0 Å². The Morgan fingerprint density at radius 2 is 1.87 bits per heavy atom. The van der Waals surface area contributed by atoms with Crippen LogP contribution in [0, 0.1) is 0 Å². The molecule has 0 saturated carbocycles. The highest BCUT2D eigenvalue weighted by Gasteiger charge is 2.11. The molecule has 4 nitrogen and oxygen atoms in total. The van der Waals surface area contributed by atoms with Gasteiger partial charge in [0.05, 0.1) is 12.1 Å². The number of nitrogens with two attached hydrogens (primary N) is 1. The molecule has 2 aromatic carbocycles. The van der Waals surface area contributed by atoms with Crippen LogP contribution >= 0.6 is 12.4 Å². The minimum absolute atomic E-state index is 0. The second-order valence-electron chi connectivity index (χ2n) is 5.41. The fraction of sp³-hybridized carbons (Fsp3) is 0.222. The number of nitrogens with one attached hydrogen (secondary N) is 1. The number of aromatic amines is 1. The predicted octanol–water partition coefficient (Wildman–Crippen LogP) is 3.03. The lowest BCUT2D eigenvalue weighted by atomic mass is 10.1. The molecule has 1 unspecified atom stereocenters. The Kier molecular flexibility index (Phi) is 6.04. The minimum Gasteiger partial charge on any atom is -0.487 e. The number of H-pyrrole nitrogens is 1. The van der Waals surface area contributed by atoms with Crippen molar-refractivity contribution in [2.45, 2.75) is 19.1 Å². The average Bonchev–Trinajstić information content (AvgIpc) is 2.97. The number of hydrogen-bond acceptors (Lipinski definition) is 3. The molecule has 3 aromatic rings. The summed E-state index contributed by atoms with van der Waals surface area (Å²) in [5, 5.41) is 10.2. The Labute approximate surface area is 141 Å². The van der Waals surface area contributed by atoms with Gasteiger partial charge >= 0.3 is 0 Å². The van der Waals surface area contributed by atoms with E-state index in [2.05, 4.69) is 4.98 Å². The Morgan fingerprint density at radius 1 is 1.09 bits per heavy atom. The molecule has 0 aliphatic heterocycles. The van der Waals surface area contributed by atoms with E-state index < -0.39 is 0 Å². The molecule has 0 spiro atoms. The molecule has 0 radical (unpaired) electrons. The zero-order valence-electron chi connectivity index (χ0n) is 12.7. The molecular weight excluding hydrogens is 312 g/mol. The summed E-state index contributed by atoms with van der Waals surface area (Å²) in [4.78, 5) is 3.26. The lowest BCUT2D eigenvalue weighted by molar-refractivity contribution is 0.265. The SMILES string of the molecule is Cl.NC(CO)Cc1c[nH]c2c(OCc3ccccc3)cccc12. The van der Waals surface area contributed by atoms with E-state index in [-0.39, 0.29) is 25.1 Å². The number of rotatable bonds is 6. The average molecular weight is 333 g/mol. The van der Waals surface area contributed by atoms with E-state index in [0.29, 0.717) is 13.0 Å². The number of aliphatic hydroxyl groups excluding tert-OH is 1. The number of halogens is 1. The molecule has 0 aliphatic rings. The highest BCUT2D eigenvalue weighted by Crippen LogP contribution is 2.28. The van der Waals surface area contributed by atoms with E-state index >= 15 is 0 Å². The van der Waals surface area contributed by atoms with Crippen LogP contribution in [-0.2, 0) is 13.0 Å². The lowest BCUT2D eigenvalue weighted by Gasteiger charge is -2.09. The van der Waals surface area contributed by atoms with Crippen molar-refractivity contribution in [3.05, 3.63) is 65.9 Å². The Bertz CT molecular complexity index is 743. The molecule has 0 saturated heterocycles. The fourth-order valence-corrected chi connectivity index (χ4v) is 2.56. The molecule has 1 heterocycles. The second-order valence-corrected chi connectivity index (χ2v) is 5.41. The van der Waals surface area contributed by atoms with E-state index in [1.807, 2.05) is 54.7 Å². The summed E-state index contributed by atoms with van der Waals surface area (Å²) in [6, 6.07) is 15.8. The van der Waals surface area contributed by atoms with Crippen LogP contribution in [0.15, 0.2) is 54.7 Å². The summed E-state index contributed by atoms with van der Waals surface area (Å²) >= 11 is 0. The molecule has 1 atom stereocenters. The summed E-state index contributed by atoms with van der Waals surface area (Å²) < 4.78 is 5.94. The Morgan fingerprint density at radius 3 is 2.61 bits per heavy atom. The van der Waals surface area contributed by atoms with Gasteiger partial charge in [0.25, 0.3) is 0 Å². The van der Waals surface area contributed by atoms with E-state index in [4.69, 9.17) is 15.6 Å². The molecule has 122 valence electrons. The zero-order valence-corrected chi connectivity index (χ0v) is 13.6. The van der Waals surface area contributed by atoms with Crippen molar-refractivity contribution in [1.82, 2.24) is 4.98 Å². The van der Waals surface area contributed by atoms with Crippen molar-refractivity contribution in [2.24, 2.45) is 5.73 Å². The third-order valence-corrected chi connectivity index (χ3v) is 3.72.